The molecule has 0 spiro atoms. The minimum absolute atomic E-state index is 0.154. The second-order valence-corrected chi connectivity index (χ2v) is 17.1. The van der Waals surface area contributed by atoms with Gasteiger partial charge in [-0.15, -0.1) is 0 Å². The standard InChI is InChI=1S/C60H30N4O4/c61-31-45-46(32-62)52(34-15-5-2-6-16-34)54(36-26-28-50-44(30-36)60(68)42-22-12-20-40-56(42)64(50)48-24-10-8-18-38(48)58(40)66)53(51(45)33-13-3-1-4-14-33)35-25-27-49-43(29-35)59(67)41-21-11-19-39-55(41)63(49)47-23-9-7-17-37(47)57(39)65/h1-30H. The van der Waals surface area contributed by atoms with Gasteiger partial charge in [-0.25, -0.2) is 0 Å². The van der Waals surface area contributed by atoms with Gasteiger partial charge in [0.15, 0.2) is 21.7 Å². The molecule has 68 heavy (non-hydrogen) atoms. The van der Waals surface area contributed by atoms with Crippen LogP contribution < -0.4 is 21.7 Å². The van der Waals surface area contributed by atoms with E-state index in [0.717, 1.165) is 0 Å². The topological polar surface area (TPSA) is 125 Å². The Labute approximate surface area is 384 Å². The third kappa shape index (κ3) is 5.17. The van der Waals surface area contributed by atoms with Crippen molar-refractivity contribution in [2.24, 2.45) is 0 Å². The van der Waals surface area contributed by atoms with Gasteiger partial charge in [0.05, 0.1) is 44.2 Å². The predicted molar refractivity (Wildman–Crippen MR) is 272 cm³/mol. The molecule has 0 aliphatic heterocycles. The zero-order valence-electron chi connectivity index (χ0n) is 35.7. The Morgan fingerprint density at radius 3 is 1.00 bits per heavy atom. The van der Waals surface area contributed by atoms with E-state index >= 15 is 0 Å². The third-order valence-corrected chi connectivity index (χ3v) is 13.7. The Hall–Kier alpha value is -9.76. The molecule has 0 saturated heterocycles. The summed E-state index contributed by atoms with van der Waals surface area (Å²) < 4.78 is 3.97. The fourth-order valence-electron chi connectivity index (χ4n) is 10.8. The summed E-state index contributed by atoms with van der Waals surface area (Å²) in [6.07, 6.45) is 0. The van der Waals surface area contributed by atoms with Crippen LogP contribution in [0.2, 0.25) is 0 Å². The van der Waals surface area contributed by atoms with Crippen LogP contribution in [-0.4, -0.2) is 8.80 Å². The third-order valence-electron chi connectivity index (χ3n) is 13.7. The number of aromatic nitrogens is 2. The zero-order valence-corrected chi connectivity index (χ0v) is 35.7. The summed E-state index contributed by atoms with van der Waals surface area (Å²) in [7, 11) is 0. The molecule has 0 fully saturated rings. The number of hydrogen-bond acceptors (Lipinski definition) is 6. The van der Waals surface area contributed by atoms with Crippen molar-refractivity contribution in [1.82, 2.24) is 8.80 Å². The molecule has 0 N–H and O–H groups in total. The minimum Gasteiger partial charge on any atom is -0.308 e. The lowest BCUT2D eigenvalue weighted by molar-refractivity contribution is 1.31. The Morgan fingerprint density at radius 1 is 0.294 bits per heavy atom. The molecule has 0 bridgehead atoms. The van der Waals surface area contributed by atoms with Crippen molar-refractivity contribution in [2.45, 2.75) is 0 Å². The highest BCUT2D eigenvalue weighted by Crippen LogP contribution is 2.50. The number of nitrogens with zero attached hydrogens (tertiary/aromatic N) is 4. The number of pyridine rings is 4. The van der Waals surface area contributed by atoms with E-state index in [9.17, 15) is 29.7 Å². The molecular formula is C60H30N4O4. The van der Waals surface area contributed by atoms with Crippen LogP contribution in [0.3, 0.4) is 0 Å². The van der Waals surface area contributed by atoms with E-state index in [4.69, 9.17) is 0 Å². The van der Waals surface area contributed by atoms with Gasteiger partial charge in [0.25, 0.3) is 0 Å². The fourth-order valence-corrected chi connectivity index (χ4v) is 10.8. The van der Waals surface area contributed by atoms with Gasteiger partial charge in [0.1, 0.15) is 12.1 Å². The zero-order chi connectivity index (χ0) is 45.9. The number of hydrogen-bond donors (Lipinski definition) is 0. The van der Waals surface area contributed by atoms with E-state index in [1.165, 1.54) is 0 Å². The first kappa shape index (κ1) is 38.7. The summed E-state index contributed by atoms with van der Waals surface area (Å²) in [5.41, 5.74) is 7.72. The largest absolute Gasteiger partial charge is 0.308 e. The van der Waals surface area contributed by atoms with Crippen molar-refractivity contribution < 1.29 is 0 Å². The fraction of sp³-hybridized carbons (Fsp3) is 0. The van der Waals surface area contributed by atoms with Crippen molar-refractivity contribution in [1.29, 1.82) is 10.5 Å². The van der Waals surface area contributed by atoms with Gasteiger partial charge < -0.3 is 8.80 Å². The molecule has 4 aromatic heterocycles. The SMILES string of the molecule is N#Cc1c(C#N)c(-c2ccccc2)c(-c2ccc3c(c2)c(=O)c2cccc4c(=O)c5ccccc5n3c42)c(-c2ccc3c(c2)c(=O)c2cccc4c(=O)c5ccccc5n3c42)c1-c1ccccc1. The highest BCUT2D eigenvalue weighted by molar-refractivity contribution is 6.13. The van der Waals surface area contributed by atoms with E-state index in [1.807, 2.05) is 142 Å². The lowest BCUT2D eigenvalue weighted by Gasteiger charge is -2.24. The maximum atomic E-state index is 15.0. The van der Waals surface area contributed by atoms with Crippen LogP contribution in [0.15, 0.2) is 201 Å². The lowest BCUT2D eigenvalue weighted by Crippen LogP contribution is -2.14. The van der Waals surface area contributed by atoms with Gasteiger partial charge >= 0.3 is 0 Å². The number of fused-ring (bicyclic) bond motifs is 8. The molecule has 13 rings (SSSR count). The molecule has 0 unspecified atom stereocenters. The van der Waals surface area contributed by atoms with Gasteiger partial charge in [0, 0.05) is 54.2 Å². The predicted octanol–water partition coefficient (Wildman–Crippen LogP) is 11.8. The van der Waals surface area contributed by atoms with Gasteiger partial charge in [-0.2, -0.15) is 10.5 Å². The lowest BCUT2D eigenvalue weighted by atomic mass is 9.77. The first-order valence-electron chi connectivity index (χ1n) is 22.0. The summed E-state index contributed by atoms with van der Waals surface area (Å²) in [5.74, 6) is 0. The van der Waals surface area contributed by atoms with Crippen LogP contribution in [0, 0.1) is 22.7 Å². The quantitative estimate of drug-likeness (QED) is 0.128. The second-order valence-electron chi connectivity index (χ2n) is 17.1. The molecule has 0 atom stereocenters. The molecule has 0 radical (unpaired) electrons. The van der Waals surface area contributed by atoms with Gasteiger partial charge in [0.2, 0.25) is 0 Å². The normalized spacial score (nSPS) is 11.7. The number of para-hydroxylation sites is 4. The highest BCUT2D eigenvalue weighted by atomic mass is 16.1. The van der Waals surface area contributed by atoms with E-state index in [-0.39, 0.29) is 32.8 Å². The Balaban J connectivity index is 1.23. The van der Waals surface area contributed by atoms with Crippen LogP contribution in [-0.2, 0) is 0 Å². The molecule has 0 saturated carbocycles. The van der Waals surface area contributed by atoms with Crippen molar-refractivity contribution >= 4 is 76.2 Å². The van der Waals surface area contributed by atoms with E-state index in [1.54, 1.807) is 48.5 Å². The molecule has 0 amide bonds. The summed E-state index contributed by atoms with van der Waals surface area (Å²) in [6.45, 7) is 0. The summed E-state index contributed by atoms with van der Waals surface area (Å²) in [5, 5.41) is 26.0. The number of benzene rings is 9. The first-order valence-corrected chi connectivity index (χ1v) is 22.0. The molecular weight excluding hydrogens is 841 g/mol. The van der Waals surface area contributed by atoms with Crippen molar-refractivity contribution in [2.75, 3.05) is 0 Å². The van der Waals surface area contributed by atoms with E-state index < -0.39 is 0 Å². The van der Waals surface area contributed by atoms with Gasteiger partial charge in [-0.1, -0.05) is 109 Å². The molecule has 314 valence electrons. The molecule has 0 aliphatic carbocycles. The van der Waals surface area contributed by atoms with Gasteiger partial charge in [-0.3, -0.25) is 19.2 Å². The summed E-state index contributed by atoms with van der Waals surface area (Å²) in [6, 6.07) is 60.3. The highest BCUT2D eigenvalue weighted by Gasteiger charge is 2.29. The minimum atomic E-state index is -0.264. The Kier molecular flexibility index (Phi) is 8.17. The maximum Gasteiger partial charge on any atom is 0.197 e. The van der Waals surface area contributed by atoms with Gasteiger partial charge in [-0.05, 0) is 106 Å². The maximum absolute atomic E-state index is 15.0. The summed E-state index contributed by atoms with van der Waals surface area (Å²) in [4.78, 5) is 57.7. The first-order chi connectivity index (χ1) is 33.4. The van der Waals surface area contributed by atoms with Crippen molar-refractivity contribution in [3.8, 4) is 56.6 Å². The number of rotatable bonds is 4. The molecule has 8 heteroatoms. The average molecular weight is 871 g/mol. The van der Waals surface area contributed by atoms with Crippen LogP contribution in [0.5, 0.6) is 0 Å². The van der Waals surface area contributed by atoms with Crippen LogP contribution in [0.4, 0.5) is 0 Å². The molecule has 13 aromatic rings. The van der Waals surface area contributed by atoms with E-state index in [0.29, 0.717) is 121 Å². The Morgan fingerprint density at radius 2 is 0.618 bits per heavy atom. The smallest absolute Gasteiger partial charge is 0.197 e. The van der Waals surface area contributed by atoms with Crippen LogP contribution in [0.1, 0.15) is 11.1 Å². The van der Waals surface area contributed by atoms with E-state index in [2.05, 4.69) is 12.1 Å². The monoisotopic (exact) mass is 870 g/mol. The summed E-state index contributed by atoms with van der Waals surface area (Å²) >= 11 is 0. The molecule has 8 nitrogen and oxygen atoms in total. The molecule has 9 aromatic carbocycles. The molecule has 0 aliphatic rings. The average Bonchev–Trinajstić information content (AvgIpc) is 3.40. The second kappa shape index (κ2) is 14.4. The van der Waals surface area contributed by atoms with Crippen LogP contribution in [0.25, 0.3) is 121 Å². The van der Waals surface area contributed by atoms with Crippen LogP contribution >= 0.6 is 0 Å². The Bertz CT molecular complexity index is 4420. The number of nitriles is 2. The molecule has 4 heterocycles. The van der Waals surface area contributed by atoms with Crippen molar-refractivity contribution in [3.63, 3.8) is 0 Å². The van der Waals surface area contributed by atoms with Crippen molar-refractivity contribution in [3.05, 3.63) is 234 Å².